The molecule has 0 amide bonds. The monoisotopic (exact) mass is 112 g/mol. The van der Waals surface area contributed by atoms with E-state index in [1.165, 1.54) is 6.92 Å². The van der Waals surface area contributed by atoms with Gasteiger partial charge in [-0.15, -0.1) is 6.42 Å². The van der Waals surface area contributed by atoms with Gasteiger partial charge in [-0.2, -0.15) is 0 Å². The summed E-state index contributed by atoms with van der Waals surface area (Å²) < 4.78 is 4.66. The highest BCUT2D eigenvalue weighted by Gasteiger charge is 1.87. The molecule has 2 heteroatoms. The Balaban J connectivity index is 2.97. The van der Waals surface area contributed by atoms with Crippen molar-refractivity contribution in [2.75, 3.05) is 13.2 Å². The molecule has 0 N–H and O–H groups in total. The Kier molecular flexibility index (Phi) is 3.91. The first-order valence-corrected chi connectivity index (χ1v) is 2.28. The molecular weight excluding hydrogens is 104 g/mol. The van der Waals surface area contributed by atoms with Crippen LogP contribution >= 0.6 is 0 Å². The number of carbonyl (C=O) groups is 1. The Labute approximate surface area is 48.8 Å². The van der Waals surface area contributed by atoms with Crippen LogP contribution in [0.15, 0.2) is 0 Å². The van der Waals surface area contributed by atoms with Gasteiger partial charge >= 0.3 is 0 Å². The molecule has 8 heavy (non-hydrogen) atoms. The average molecular weight is 112 g/mol. The summed E-state index contributed by atoms with van der Waals surface area (Å²) in [5.74, 6) is 2.25. The van der Waals surface area contributed by atoms with Gasteiger partial charge in [0.1, 0.15) is 13.2 Å². The van der Waals surface area contributed by atoms with Crippen molar-refractivity contribution in [3.05, 3.63) is 0 Å². The van der Waals surface area contributed by atoms with Crippen LogP contribution in [-0.4, -0.2) is 19.0 Å². The number of Topliss-reactive ketones (excluding diaryl/α,β-unsaturated/α-hetero) is 1. The van der Waals surface area contributed by atoms with Gasteiger partial charge in [0.15, 0.2) is 5.78 Å². The van der Waals surface area contributed by atoms with Crippen LogP contribution in [-0.2, 0) is 9.53 Å². The zero-order valence-corrected chi connectivity index (χ0v) is 4.81. The van der Waals surface area contributed by atoms with E-state index in [0.29, 0.717) is 0 Å². The first-order valence-electron chi connectivity index (χ1n) is 2.28. The molecule has 0 spiro atoms. The second kappa shape index (κ2) is 4.35. The number of carbonyl (C=O) groups excluding carboxylic acids is 1. The van der Waals surface area contributed by atoms with Gasteiger partial charge in [0.2, 0.25) is 0 Å². The Morgan fingerprint density at radius 3 is 2.88 bits per heavy atom. The lowest BCUT2D eigenvalue weighted by molar-refractivity contribution is -0.120. The summed E-state index contributed by atoms with van der Waals surface area (Å²) in [5, 5.41) is 0. The molecule has 0 rings (SSSR count). The van der Waals surface area contributed by atoms with E-state index in [1.807, 2.05) is 0 Å². The maximum Gasteiger partial charge on any atom is 0.155 e. The standard InChI is InChI=1S/C6H8O2/c1-3-4-8-5-6(2)7/h1H,4-5H2,2H3. The summed E-state index contributed by atoms with van der Waals surface area (Å²) in [6.45, 7) is 1.81. The zero-order chi connectivity index (χ0) is 6.41. The van der Waals surface area contributed by atoms with Gasteiger partial charge in [0, 0.05) is 0 Å². The maximum absolute atomic E-state index is 10.1. The lowest BCUT2D eigenvalue weighted by Crippen LogP contribution is -2.03. The zero-order valence-electron chi connectivity index (χ0n) is 4.81. The van der Waals surface area contributed by atoms with Crippen LogP contribution in [0.1, 0.15) is 6.92 Å². The van der Waals surface area contributed by atoms with E-state index >= 15 is 0 Å². The fourth-order valence-corrected chi connectivity index (χ4v) is 0.254. The van der Waals surface area contributed by atoms with E-state index in [1.54, 1.807) is 0 Å². The van der Waals surface area contributed by atoms with Crippen molar-refractivity contribution >= 4 is 5.78 Å². The second-order valence-electron chi connectivity index (χ2n) is 1.40. The summed E-state index contributed by atoms with van der Waals surface area (Å²) in [6.07, 6.45) is 4.83. The summed E-state index contributed by atoms with van der Waals surface area (Å²) in [5.41, 5.74) is 0. The predicted molar refractivity (Wildman–Crippen MR) is 30.3 cm³/mol. The van der Waals surface area contributed by atoms with E-state index in [9.17, 15) is 4.79 Å². The molecule has 2 nitrogen and oxygen atoms in total. The summed E-state index contributed by atoms with van der Waals surface area (Å²) in [4.78, 5) is 10.1. The smallest absolute Gasteiger partial charge is 0.155 e. The van der Waals surface area contributed by atoms with E-state index in [4.69, 9.17) is 6.42 Å². The number of hydrogen-bond acceptors (Lipinski definition) is 2. The summed E-state index contributed by atoms with van der Waals surface area (Å²) >= 11 is 0. The molecule has 0 fully saturated rings. The minimum absolute atomic E-state index is 0.000231. The predicted octanol–water partition coefficient (Wildman–Crippen LogP) is 0.225. The number of hydrogen-bond donors (Lipinski definition) is 0. The minimum atomic E-state index is 0.000231. The van der Waals surface area contributed by atoms with Crippen LogP contribution in [0.2, 0.25) is 0 Å². The number of rotatable bonds is 3. The van der Waals surface area contributed by atoms with Crippen molar-refractivity contribution < 1.29 is 9.53 Å². The lowest BCUT2D eigenvalue weighted by atomic mass is 10.5. The molecular formula is C6H8O2. The minimum Gasteiger partial charge on any atom is -0.361 e. The van der Waals surface area contributed by atoms with Gasteiger partial charge in [-0.25, -0.2) is 0 Å². The van der Waals surface area contributed by atoms with Gasteiger partial charge in [0.25, 0.3) is 0 Å². The first-order chi connectivity index (χ1) is 3.77. The van der Waals surface area contributed by atoms with Gasteiger partial charge in [-0.1, -0.05) is 5.92 Å². The van der Waals surface area contributed by atoms with E-state index < -0.39 is 0 Å². The molecule has 0 bridgehead atoms. The third-order valence-corrected chi connectivity index (χ3v) is 0.491. The summed E-state index contributed by atoms with van der Waals surface area (Å²) in [6, 6.07) is 0. The molecule has 0 aliphatic heterocycles. The first kappa shape index (κ1) is 7.19. The maximum atomic E-state index is 10.1. The Morgan fingerprint density at radius 2 is 2.50 bits per heavy atom. The molecule has 0 radical (unpaired) electrons. The largest absolute Gasteiger partial charge is 0.361 e. The van der Waals surface area contributed by atoms with Crippen LogP contribution in [0, 0.1) is 12.3 Å². The van der Waals surface area contributed by atoms with Crippen molar-refractivity contribution in [3.8, 4) is 12.3 Å². The summed E-state index contributed by atoms with van der Waals surface area (Å²) in [7, 11) is 0. The SMILES string of the molecule is C#CCOCC(C)=O. The molecule has 0 aliphatic rings. The molecule has 0 aromatic carbocycles. The van der Waals surface area contributed by atoms with Gasteiger partial charge < -0.3 is 4.74 Å². The van der Waals surface area contributed by atoms with Gasteiger partial charge in [-0.05, 0) is 6.92 Å². The lowest BCUT2D eigenvalue weighted by Gasteiger charge is -1.91. The van der Waals surface area contributed by atoms with Crippen LogP contribution < -0.4 is 0 Å². The average Bonchev–Trinajstić information content (AvgIpc) is 1.66. The quantitative estimate of drug-likeness (QED) is 0.386. The molecule has 0 heterocycles. The van der Waals surface area contributed by atoms with Crippen molar-refractivity contribution in [1.29, 1.82) is 0 Å². The second-order valence-corrected chi connectivity index (χ2v) is 1.40. The van der Waals surface area contributed by atoms with Crippen molar-refractivity contribution in [3.63, 3.8) is 0 Å². The highest BCUT2D eigenvalue weighted by molar-refractivity contribution is 5.76. The Bertz CT molecular complexity index is 110. The molecule has 0 aromatic rings. The fraction of sp³-hybridized carbons (Fsp3) is 0.500. The molecule has 0 atom stereocenters. The van der Waals surface area contributed by atoms with E-state index in [-0.39, 0.29) is 19.0 Å². The highest BCUT2D eigenvalue weighted by Crippen LogP contribution is 1.72. The Hall–Kier alpha value is -0.810. The number of ketones is 1. The molecule has 0 aromatic heterocycles. The van der Waals surface area contributed by atoms with E-state index in [2.05, 4.69) is 10.7 Å². The molecule has 0 saturated carbocycles. The van der Waals surface area contributed by atoms with Crippen molar-refractivity contribution in [1.82, 2.24) is 0 Å². The molecule has 0 aliphatic carbocycles. The van der Waals surface area contributed by atoms with Crippen molar-refractivity contribution in [2.45, 2.75) is 6.92 Å². The van der Waals surface area contributed by atoms with Gasteiger partial charge in [-0.3, -0.25) is 4.79 Å². The third-order valence-electron chi connectivity index (χ3n) is 0.491. The highest BCUT2D eigenvalue weighted by atomic mass is 16.5. The van der Waals surface area contributed by atoms with Crippen LogP contribution in [0.5, 0.6) is 0 Å². The topological polar surface area (TPSA) is 26.3 Å². The number of ether oxygens (including phenoxy) is 1. The van der Waals surface area contributed by atoms with Crippen LogP contribution in [0.3, 0.4) is 0 Å². The van der Waals surface area contributed by atoms with Crippen molar-refractivity contribution in [2.24, 2.45) is 0 Å². The molecule has 0 saturated heterocycles. The number of terminal acetylenes is 1. The molecule has 44 valence electrons. The molecule has 0 unspecified atom stereocenters. The Morgan fingerprint density at radius 1 is 1.88 bits per heavy atom. The van der Waals surface area contributed by atoms with Crippen LogP contribution in [0.25, 0.3) is 0 Å². The van der Waals surface area contributed by atoms with Gasteiger partial charge in [0.05, 0.1) is 0 Å². The third kappa shape index (κ3) is 5.19. The van der Waals surface area contributed by atoms with Crippen LogP contribution in [0.4, 0.5) is 0 Å². The fourth-order valence-electron chi connectivity index (χ4n) is 0.254. The normalized spacial score (nSPS) is 8.00. The van der Waals surface area contributed by atoms with E-state index in [0.717, 1.165) is 0 Å².